The predicted octanol–water partition coefficient (Wildman–Crippen LogP) is 4.02. The Balaban J connectivity index is 1.74. The number of hydrogen-bond donors (Lipinski definition) is 0. The minimum Gasteiger partial charge on any atom is -0.378 e. The Morgan fingerprint density at radius 1 is 0.955 bits per heavy atom. The van der Waals surface area contributed by atoms with Crippen molar-refractivity contribution in [1.29, 1.82) is 0 Å². The summed E-state index contributed by atoms with van der Waals surface area (Å²) in [5.74, 6) is 0. The van der Waals surface area contributed by atoms with Gasteiger partial charge in [-0.15, -0.1) is 10.2 Å². The van der Waals surface area contributed by atoms with Crippen molar-refractivity contribution in [3.63, 3.8) is 0 Å². The Morgan fingerprint density at radius 2 is 1.68 bits per heavy atom. The molecular weight excluding hydrogens is 292 g/mol. The van der Waals surface area contributed by atoms with Gasteiger partial charge in [0.1, 0.15) is 5.01 Å². The molecule has 0 aliphatic heterocycles. The van der Waals surface area contributed by atoms with E-state index in [0.29, 0.717) is 5.13 Å². The molecule has 0 fully saturated rings. The summed E-state index contributed by atoms with van der Waals surface area (Å²) in [4.78, 5) is 6.47. The van der Waals surface area contributed by atoms with Gasteiger partial charge in [0, 0.05) is 31.6 Å². The van der Waals surface area contributed by atoms with Gasteiger partial charge < -0.3 is 4.90 Å². The van der Waals surface area contributed by atoms with Crippen LogP contribution in [0.25, 0.3) is 10.6 Å². The molecule has 0 spiro atoms. The van der Waals surface area contributed by atoms with Gasteiger partial charge in [0.25, 0.3) is 0 Å². The Bertz CT molecular complexity index is 761. The molecule has 1 aromatic heterocycles. The topological polar surface area (TPSA) is 41.4 Å². The first-order chi connectivity index (χ1) is 10.7. The highest BCUT2D eigenvalue weighted by Gasteiger charge is 2.04. The van der Waals surface area contributed by atoms with Gasteiger partial charge in [-0.1, -0.05) is 53.8 Å². The Hall–Kier alpha value is -2.53. The van der Waals surface area contributed by atoms with Gasteiger partial charge in [-0.2, -0.15) is 0 Å². The molecule has 0 saturated heterocycles. The van der Waals surface area contributed by atoms with Gasteiger partial charge in [0.05, 0.1) is 0 Å². The standard InChI is InChI=1S/C17H16N4S/c1-21(2)15-10-8-13(9-11-15)12-18-17-20-19-16(22-17)14-6-4-3-5-7-14/h3-12H,1-2H3. The van der Waals surface area contributed by atoms with Gasteiger partial charge in [0.15, 0.2) is 0 Å². The average molecular weight is 308 g/mol. The lowest BCUT2D eigenvalue weighted by molar-refractivity contribution is 1.09. The molecule has 0 N–H and O–H groups in total. The molecule has 0 saturated carbocycles. The van der Waals surface area contributed by atoms with Crippen LogP contribution in [0.1, 0.15) is 5.56 Å². The second-order valence-electron chi connectivity index (χ2n) is 5.00. The molecule has 0 atom stereocenters. The van der Waals surface area contributed by atoms with E-state index < -0.39 is 0 Å². The maximum atomic E-state index is 4.40. The highest BCUT2D eigenvalue weighted by atomic mass is 32.1. The van der Waals surface area contributed by atoms with E-state index in [1.165, 1.54) is 17.0 Å². The summed E-state index contributed by atoms with van der Waals surface area (Å²) in [6.45, 7) is 0. The van der Waals surface area contributed by atoms with Crippen LogP contribution in [0, 0.1) is 0 Å². The molecule has 5 heteroatoms. The molecule has 0 bridgehead atoms. The first-order valence-corrected chi connectivity index (χ1v) is 7.74. The Kier molecular flexibility index (Phi) is 4.25. The molecule has 22 heavy (non-hydrogen) atoms. The van der Waals surface area contributed by atoms with Gasteiger partial charge >= 0.3 is 0 Å². The van der Waals surface area contributed by atoms with Crippen LogP contribution in [-0.2, 0) is 0 Å². The molecule has 0 radical (unpaired) electrons. The highest BCUT2D eigenvalue weighted by Crippen LogP contribution is 2.27. The summed E-state index contributed by atoms with van der Waals surface area (Å²) < 4.78 is 0. The lowest BCUT2D eigenvalue weighted by Gasteiger charge is -2.11. The van der Waals surface area contributed by atoms with Crippen LogP contribution in [0.4, 0.5) is 10.8 Å². The van der Waals surface area contributed by atoms with E-state index in [9.17, 15) is 0 Å². The maximum absolute atomic E-state index is 4.40. The molecule has 0 aliphatic carbocycles. The molecule has 1 heterocycles. The summed E-state index contributed by atoms with van der Waals surface area (Å²) in [7, 11) is 4.05. The smallest absolute Gasteiger partial charge is 0.231 e. The van der Waals surface area contributed by atoms with Gasteiger partial charge in [-0.25, -0.2) is 4.99 Å². The third-order valence-electron chi connectivity index (χ3n) is 3.17. The van der Waals surface area contributed by atoms with Gasteiger partial charge in [-0.3, -0.25) is 0 Å². The Labute approximate surface area is 133 Å². The number of aromatic nitrogens is 2. The number of hydrogen-bond acceptors (Lipinski definition) is 5. The molecule has 0 unspecified atom stereocenters. The van der Waals surface area contributed by atoms with Crippen molar-refractivity contribution >= 4 is 28.4 Å². The van der Waals surface area contributed by atoms with Crippen molar-refractivity contribution < 1.29 is 0 Å². The second-order valence-corrected chi connectivity index (χ2v) is 5.96. The zero-order valence-corrected chi connectivity index (χ0v) is 13.3. The van der Waals surface area contributed by atoms with Crippen LogP contribution in [-0.4, -0.2) is 30.5 Å². The van der Waals surface area contributed by atoms with Crippen molar-refractivity contribution in [3.8, 4) is 10.6 Å². The zero-order valence-electron chi connectivity index (χ0n) is 12.5. The van der Waals surface area contributed by atoms with E-state index in [0.717, 1.165) is 16.1 Å². The predicted molar refractivity (Wildman–Crippen MR) is 93.4 cm³/mol. The SMILES string of the molecule is CN(C)c1ccc(C=Nc2nnc(-c3ccccc3)s2)cc1. The fraction of sp³-hybridized carbons (Fsp3) is 0.118. The maximum Gasteiger partial charge on any atom is 0.231 e. The van der Waals surface area contributed by atoms with Crippen LogP contribution < -0.4 is 4.90 Å². The zero-order chi connectivity index (χ0) is 15.4. The third-order valence-corrected chi connectivity index (χ3v) is 4.05. The summed E-state index contributed by atoms with van der Waals surface area (Å²) in [6.07, 6.45) is 1.81. The molecule has 3 aromatic rings. The largest absolute Gasteiger partial charge is 0.378 e. The average Bonchev–Trinajstić information content (AvgIpc) is 3.03. The highest BCUT2D eigenvalue weighted by molar-refractivity contribution is 7.18. The van der Waals surface area contributed by atoms with Crippen LogP contribution in [0.5, 0.6) is 0 Å². The summed E-state index contributed by atoms with van der Waals surface area (Å²) >= 11 is 1.48. The van der Waals surface area contributed by atoms with Gasteiger partial charge in [0.2, 0.25) is 5.13 Å². The molecule has 3 rings (SSSR count). The lowest BCUT2D eigenvalue weighted by Crippen LogP contribution is -2.08. The van der Waals surface area contributed by atoms with Crippen molar-refractivity contribution in [2.24, 2.45) is 4.99 Å². The number of rotatable bonds is 4. The minimum atomic E-state index is 0.663. The van der Waals surface area contributed by atoms with Crippen LogP contribution >= 0.6 is 11.3 Å². The Morgan fingerprint density at radius 3 is 2.36 bits per heavy atom. The summed E-state index contributed by atoms with van der Waals surface area (Å²) in [5.41, 5.74) is 3.28. The molecule has 110 valence electrons. The van der Waals surface area contributed by atoms with Crippen molar-refractivity contribution in [3.05, 3.63) is 60.2 Å². The summed E-state index contributed by atoms with van der Waals surface area (Å²) in [5, 5.41) is 9.85. The van der Waals surface area contributed by atoms with E-state index in [4.69, 9.17) is 0 Å². The quantitative estimate of drug-likeness (QED) is 0.684. The van der Waals surface area contributed by atoms with E-state index in [1.54, 1.807) is 0 Å². The molecule has 0 aliphatic rings. The first-order valence-electron chi connectivity index (χ1n) is 6.93. The van der Waals surface area contributed by atoms with Crippen LogP contribution in [0.2, 0.25) is 0 Å². The molecule has 4 nitrogen and oxygen atoms in total. The number of anilines is 1. The lowest BCUT2D eigenvalue weighted by atomic mass is 10.2. The van der Waals surface area contributed by atoms with E-state index in [-0.39, 0.29) is 0 Å². The number of benzene rings is 2. The van der Waals surface area contributed by atoms with Crippen molar-refractivity contribution in [1.82, 2.24) is 10.2 Å². The molecule has 2 aromatic carbocycles. The second kappa shape index (κ2) is 6.49. The summed E-state index contributed by atoms with van der Waals surface area (Å²) in [6, 6.07) is 18.2. The van der Waals surface area contributed by atoms with Crippen LogP contribution in [0.3, 0.4) is 0 Å². The number of nitrogens with zero attached hydrogens (tertiary/aromatic N) is 4. The normalized spacial score (nSPS) is 11.0. The van der Waals surface area contributed by atoms with Crippen LogP contribution in [0.15, 0.2) is 59.6 Å². The molecular formula is C17H16N4S. The monoisotopic (exact) mass is 308 g/mol. The minimum absolute atomic E-state index is 0.663. The fourth-order valence-electron chi connectivity index (χ4n) is 1.95. The fourth-order valence-corrected chi connectivity index (χ4v) is 2.65. The third kappa shape index (κ3) is 3.38. The first kappa shape index (κ1) is 14.4. The van der Waals surface area contributed by atoms with E-state index >= 15 is 0 Å². The molecule has 0 amide bonds. The van der Waals surface area contributed by atoms with Crippen molar-refractivity contribution in [2.75, 3.05) is 19.0 Å². The van der Waals surface area contributed by atoms with E-state index in [2.05, 4.69) is 32.2 Å². The van der Waals surface area contributed by atoms with Crippen molar-refractivity contribution in [2.45, 2.75) is 0 Å². The number of aliphatic imine (C=N–C) groups is 1. The van der Waals surface area contributed by atoms with E-state index in [1.807, 2.05) is 62.8 Å². The van der Waals surface area contributed by atoms with Gasteiger partial charge in [-0.05, 0) is 17.7 Å².